The molecule has 110 valence electrons. The van der Waals surface area contributed by atoms with Gasteiger partial charge in [0.05, 0.1) is 4.90 Å². The maximum atomic E-state index is 12.3. The number of hydrogen-bond acceptors (Lipinski definition) is 4. The summed E-state index contributed by atoms with van der Waals surface area (Å²) in [5.41, 5.74) is 10.9. The first-order valence-electron chi connectivity index (χ1n) is 5.87. The molecule has 1 rings (SSSR count). The van der Waals surface area contributed by atoms with Crippen LogP contribution in [0.3, 0.4) is 0 Å². The van der Waals surface area contributed by atoms with Gasteiger partial charge < -0.3 is 11.5 Å². The van der Waals surface area contributed by atoms with E-state index in [4.69, 9.17) is 23.7 Å². The SMILES string of the molecule is CC(C)C(NS(=O)(=O)c1ccccc1C(N)=S)C(N)=O. The summed E-state index contributed by atoms with van der Waals surface area (Å²) in [5, 5.41) is 0. The lowest BCUT2D eigenvalue weighted by molar-refractivity contribution is -0.120. The van der Waals surface area contributed by atoms with Crippen molar-refractivity contribution < 1.29 is 13.2 Å². The number of amides is 1. The minimum atomic E-state index is -3.94. The molecule has 1 atom stereocenters. The molecule has 0 aliphatic carbocycles. The Labute approximate surface area is 123 Å². The van der Waals surface area contributed by atoms with E-state index in [0.29, 0.717) is 0 Å². The van der Waals surface area contributed by atoms with Crippen molar-refractivity contribution in [1.29, 1.82) is 0 Å². The summed E-state index contributed by atoms with van der Waals surface area (Å²) in [6.45, 7) is 3.38. The molecule has 8 heteroatoms. The molecule has 0 aliphatic rings. The number of nitrogens with one attached hydrogen (secondary N) is 1. The van der Waals surface area contributed by atoms with Crippen molar-refractivity contribution in [2.75, 3.05) is 0 Å². The number of primary amides is 1. The van der Waals surface area contributed by atoms with Crippen LogP contribution in [-0.2, 0) is 14.8 Å². The van der Waals surface area contributed by atoms with Crippen molar-refractivity contribution in [2.45, 2.75) is 24.8 Å². The molecule has 0 radical (unpaired) electrons. The third-order valence-electron chi connectivity index (χ3n) is 2.70. The number of carbonyl (C=O) groups is 1. The molecule has 1 aromatic carbocycles. The number of nitrogens with two attached hydrogens (primary N) is 2. The number of thiocarbonyl (C=S) groups is 1. The molecule has 1 unspecified atom stereocenters. The van der Waals surface area contributed by atoms with Crippen molar-refractivity contribution >= 4 is 33.1 Å². The van der Waals surface area contributed by atoms with Crippen LogP contribution in [0.5, 0.6) is 0 Å². The predicted octanol–water partition coefficient (Wildman–Crippen LogP) is 0.109. The van der Waals surface area contributed by atoms with E-state index >= 15 is 0 Å². The molecule has 5 N–H and O–H groups in total. The van der Waals surface area contributed by atoms with Gasteiger partial charge in [-0.2, -0.15) is 4.72 Å². The fraction of sp³-hybridized carbons (Fsp3) is 0.333. The van der Waals surface area contributed by atoms with Gasteiger partial charge in [0.25, 0.3) is 0 Å². The average Bonchev–Trinajstić information content (AvgIpc) is 2.35. The Morgan fingerprint density at radius 3 is 2.25 bits per heavy atom. The van der Waals surface area contributed by atoms with Crippen LogP contribution in [-0.4, -0.2) is 25.4 Å². The fourth-order valence-corrected chi connectivity index (χ4v) is 3.48. The zero-order chi connectivity index (χ0) is 15.5. The van der Waals surface area contributed by atoms with Crippen LogP contribution in [0.25, 0.3) is 0 Å². The van der Waals surface area contributed by atoms with Crippen LogP contribution in [0, 0.1) is 5.92 Å². The predicted molar refractivity (Wildman–Crippen MR) is 80.5 cm³/mol. The molecule has 0 bridgehead atoms. The van der Waals surface area contributed by atoms with Gasteiger partial charge in [-0.15, -0.1) is 0 Å². The standard InChI is InChI=1S/C12H17N3O3S2/c1-7(2)10(11(13)16)15-20(17,18)9-6-4-3-5-8(9)12(14)19/h3-7,10,15H,1-2H3,(H2,13,16)(H2,14,19). The summed E-state index contributed by atoms with van der Waals surface area (Å²) in [6.07, 6.45) is 0. The van der Waals surface area contributed by atoms with Gasteiger partial charge in [-0.3, -0.25) is 4.79 Å². The molecule has 0 aliphatic heterocycles. The Hall–Kier alpha value is -1.51. The number of benzene rings is 1. The average molecular weight is 315 g/mol. The van der Waals surface area contributed by atoms with Crippen LogP contribution in [0.4, 0.5) is 0 Å². The van der Waals surface area contributed by atoms with Crippen molar-refractivity contribution in [2.24, 2.45) is 17.4 Å². The smallest absolute Gasteiger partial charge is 0.242 e. The fourth-order valence-electron chi connectivity index (χ4n) is 1.66. The zero-order valence-corrected chi connectivity index (χ0v) is 12.8. The minimum absolute atomic E-state index is 0.0360. The summed E-state index contributed by atoms with van der Waals surface area (Å²) in [4.78, 5) is 11.2. The van der Waals surface area contributed by atoms with Crippen molar-refractivity contribution in [1.82, 2.24) is 4.72 Å². The second kappa shape index (κ2) is 6.29. The van der Waals surface area contributed by atoms with Gasteiger partial charge in [0.1, 0.15) is 11.0 Å². The van der Waals surface area contributed by atoms with Crippen LogP contribution >= 0.6 is 12.2 Å². The van der Waals surface area contributed by atoms with Crippen LogP contribution in [0.15, 0.2) is 29.2 Å². The van der Waals surface area contributed by atoms with Gasteiger partial charge in [-0.05, 0) is 12.0 Å². The maximum Gasteiger partial charge on any atom is 0.242 e. The lowest BCUT2D eigenvalue weighted by Gasteiger charge is -2.19. The van der Waals surface area contributed by atoms with Crippen LogP contribution in [0.2, 0.25) is 0 Å². The van der Waals surface area contributed by atoms with E-state index in [-0.39, 0.29) is 21.4 Å². The second-order valence-corrected chi connectivity index (χ2v) is 6.73. The summed E-state index contributed by atoms with van der Waals surface area (Å²) in [6, 6.07) is 5.05. The van der Waals surface area contributed by atoms with Gasteiger partial charge in [0.2, 0.25) is 15.9 Å². The minimum Gasteiger partial charge on any atom is -0.389 e. The monoisotopic (exact) mass is 315 g/mol. The first-order valence-corrected chi connectivity index (χ1v) is 7.76. The van der Waals surface area contributed by atoms with Crippen molar-refractivity contribution in [3.05, 3.63) is 29.8 Å². The molecule has 20 heavy (non-hydrogen) atoms. The zero-order valence-electron chi connectivity index (χ0n) is 11.2. The molecule has 1 amide bonds. The third kappa shape index (κ3) is 3.75. The van der Waals surface area contributed by atoms with E-state index in [1.165, 1.54) is 12.1 Å². The number of rotatable bonds is 6. The Morgan fingerprint density at radius 1 is 1.25 bits per heavy atom. The summed E-state index contributed by atoms with van der Waals surface area (Å²) >= 11 is 4.83. The van der Waals surface area contributed by atoms with Gasteiger partial charge >= 0.3 is 0 Å². The van der Waals surface area contributed by atoms with E-state index in [0.717, 1.165) is 0 Å². The summed E-state index contributed by atoms with van der Waals surface area (Å²) < 4.78 is 27.0. The quantitative estimate of drug-likeness (QED) is 0.644. The molecule has 0 fully saturated rings. The van der Waals surface area contributed by atoms with E-state index in [9.17, 15) is 13.2 Å². The first kappa shape index (κ1) is 16.5. The van der Waals surface area contributed by atoms with Crippen LogP contribution in [0.1, 0.15) is 19.4 Å². The van der Waals surface area contributed by atoms with Gasteiger partial charge in [-0.25, -0.2) is 8.42 Å². The molecule has 0 heterocycles. The number of sulfonamides is 1. The summed E-state index contributed by atoms with van der Waals surface area (Å²) in [7, 11) is -3.94. The van der Waals surface area contributed by atoms with E-state index in [1.54, 1.807) is 26.0 Å². The third-order valence-corrected chi connectivity index (χ3v) is 4.42. The lowest BCUT2D eigenvalue weighted by atomic mass is 10.1. The molecular formula is C12H17N3O3S2. The summed E-state index contributed by atoms with van der Waals surface area (Å²) in [5.74, 6) is -1.02. The second-order valence-electron chi connectivity index (χ2n) is 4.61. The highest BCUT2D eigenvalue weighted by Gasteiger charge is 2.28. The molecule has 1 aromatic rings. The van der Waals surface area contributed by atoms with Gasteiger partial charge in [0, 0.05) is 5.56 Å². The number of carbonyl (C=O) groups excluding carboxylic acids is 1. The van der Waals surface area contributed by atoms with Crippen LogP contribution < -0.4 is 16.2 Å². The van der Waals surface area contributed by atoms with E-state index in [1.807, 2.05) is 0 Å². The Balaban J connectivity index is 3.24. The maximum absolute atomic E-state index is 12.3. The van der Waals surface area contributed by atoms with E-state index < -0.39 is 22.0 Å². The van der Waals surface area contributed by atoms with Crippen molar-refractivity contribution in [3.63, 3.8) is 0 Å². The Bertz CT molecular complexity index is 627. The largest absolute Gasteiger partial charge is 0.389 e. The normalized spacial score (nSPS) is 13.2. The lowest BCUT2D eigenvalue weighted by Crippen LogP contribution is -2.47. The Morgan fingerprint density at radius 2 is 1.80 bits per heavy atom. The molecule has 6 nitrogen and oxygen atoms in total. The topological polar surface area (TPSA) is 115 Å². The van der Waals surface area contributed by atoms with E-state index in [2.05, 4.69) is 4.72 Å². The highest BCUT2D eigenvalue weighted by Crippen LogP contribution is 2.16. The molecule has 0 saturated heterocycles. The Kier molecular flexibility index (Phi) is 5.21. The number of hydrogen-bond donors (Lipinski definition) is 3. The first-order chi connectivity index (χ1) is 9.16. The van der Waals surface area contributed by atoms with Crippen molar-refractivity contribution in [3.8, 4) is 0 Å². The van der Waals surface area contributed by atoms with Gasteiger partial charge in [0.15, 0.2) is 0 Å². The highest BCUT2D eigenvalue weighted by molar-refractivity contribution is 7.89. The highest BCUT2D eigenvalue weighted by atomic mass is 32.2. The molecule has 0 spiro atoms. The van der Waals surface area contributed by atoms with Gasteiger partial charge in [-0.1, -0.05) is 44.3 Å². The molecular weight excluding hydrogens is 298 g/mol. The molecule has 0 saturated carbocycles. The molecule has 0 aromatic heterocycles.